The summed E-state index contributed by atoms with van der Waals surface area (Å²) >= 11 is 0. The molecule has 0 aromatic carbocycles. The molecule has 0 unspecified atom stereocenters. The van der Waals surface area contributed by atoms with Gasteiger partial charge in [0.2, 0.25) is 0 Å². The summed E-state index contributed by atoms with van der Waals surface area (Å²) < 4.78 is 1.62. The van der Waals surface area contributed by atoms with Crippen LogP contribution in [0, 0.1) is 6.07 Å². The molecule has 0 aliphatic rings. The quantitative estimate of drug-likeness (QED) is 0.536. The second kappa shape index (κ2) is 2.49. The fourth-order valence-corrected chi connectivity index (χ4v) is 0.670. The Morgan fingerprint density at radius 2 is 2.56 bits per heavy atom. The molecule has 0 bridgehead atoms. The van der Waals surface area contributed by atoms with Gasteiger partial charge in [-0.25, -0.2) is 0 Å². The second-order valence-electron chi connectivity index (χ2n) is 1.75. The Morgan fingerprint density at radius 3 is 3.00 bits per heavy atom. The molecule has 1 aromatic heterocycles. The lowest BCUT2D eigenvalue weighted by molar-refractivity contribution is 0.727. The van der Waals surface area contributed by atoms with Crippen LogP contribution >= 0.6 is 0 Å². The highest BCUT2D eigenvalue weighted by atomic mass is 16.1. The van der Waals surface area contributed by atoms with Crippen LogP contribution in [0.5, 0.6) is 0 Å². The van der Waals surface area contributed by atoms with Gasteiger partial charge in [-0.05, 0) is 19.1 Å². The number of hydrogen-bond donors (Lipinski definition) is 0. The minimum atomic E-state index is 0.0139. The molecule has 0 amide bonds. The van der Waals surface area contributed by atoms with Crippen LogP contribution < -0.4 is 5.56 Å². The molecule has 1 rings (SSSR count). The van der Waals surface area contributed by atoms with Gasteiger partial charge in [0.25, 0.3) is 5.56 Å². The van der Waals surface area contributed by atoms with Crippen molar-refractivity contribution in [1.29, 1.82) is 0 Å². The van der Waals surface area contributed by atoms with Gasteiger partial charge in [0.05, 0.1) is 0 Å². The molecule has 1 radical (unpaired) electrons. The van der Waals surface area contributed by atoms with E-state index >= 15 is 0 Å². The van der Waals surface area contributed by atoms with Gasteiger partial charge in [0.1, 0.15) is 0 Å². The van der Waals surface area contributed by atoms with Gasteiger partial charge in [0.15, 0.2) is 0 Å². The van der Waals surface area contributed by atoms with Crippen LogP contribution in [-0.4, -0.2) is 4.57 Å². The third-order valence-electron chi connectivity index (χ3n) is 1.18. The fourth-order valence-electron chi connectivity index (χ4n) is 0.670. The van der Waals surface area contributed by atoms with Crippen LogP contribution in [0.2, 0.25) is 0 Å². The lowest BCUT2D eigenvalue weighted by atomic mass is 10.5. The normalized spacial score (nSPS) is 9.44. The van der Waals surface area contributed by atoms with E-state index in [1.54, 1.807) is 16.8 Å². The molecule has 0 atom stereocenters. The van der Waals surface area contributed by atoms with Crippen LogP contribution in [0.15, 0.2) is 23.1 Å². The first-order valence-corrected chi connectivity index (χ1v) is 2.91. The zero-order chi connectivity index (χ0) is 6.69. The van der Waals surface area contributed by atoms with Gasteiger partial charge in [-0.2, -0.15) is 0 Å². The third-order valence-corrected chi connectivity index (χ3v) is 1.18. The van der Waals surface area contributed by atoms with E-state index in [9.17, 15) is 4.79 Å². The largest absolute Gasteiger partial charge is 0.316 e. The molecule has 0 spiro atoms. The summed E-state index contributed by atoms with van der Waals surface area (Å²) in [6.07, 6.45) is 1.72. The first kappa shape index (κ1) is 6.08. The molecular formula is C7H8NO. The maximum Gasteiger partial charge on any atom is 0.251 e. The lowest BCUT2D eigenvalue weighted by Gasteiger charge is -1.95. The van der Waals surface area contributed by atoms with Gasteiger partial charge in [-0.1, -0.05) is 0 Å². The fraction of sp³-hybridized carbons (Fsp3) is 0.286. The van der Waals surface area contributed by atoms with Crippen molar-refractivity contribution >= 4 is 0 Å². The summed E-state index contributed by atoms with van der Waals surface area (Å²) in [5.41, 5.74) is 0.0139. The standard InChI is InChI=1S/C7H8NO/c1-2-8-6-4-3-5-7(8)9/h4-6H,2H2,1H3. The highest BCUT2D eigenvalue weighted by Crippen LogP contribution is 1.77. The van der Waals surface area contributed by atoms with E-state index in [1.807, 2.05) is 6.92 Å². The van der Waals surface area contributed by atoms with Crippen molar-refractivity contribution < 1.29 is 0 Å². The highest BCUT2D eigenvalue weighted by molar-refractivity contribution is 4.90. The number of aromatic nitrogens is 1. The summed E-state index contributed by atoms with van der Waals surface area (Å²) in [6.45, 7) is 2.66. The van der Waals surface area contributed by atoms with Crippen LogP contribution in [0.1, 0.15) is 6.92 Å². The predicted molar refractivity (Wildman–Crippen MR) is 35.2 cm³/mol. The van der Waals surface area contributed by atoms with Gasteiger partial charge in [0, 0.05) is 18.8 Å². The monoisotopic (exact) mass is 122 g/mol. The van der Waals surface area contributed by atoms with Crippen molar-refractivity contribution in [2.24, 2.45) is 0 Å². The molecule has 1 aromatic rings. The summed E-state index contributed by atoms with van der Waals surface area (Å²) in [7, 11) is 0. The van der Waals surface area contributed by atoms with Crippen molar-refractivity contribution in [3.8, 4) is 0 Å². The Bertz CT molecular complexity index is 239. The maximum absolute atomic E-state index is 10.8. The van der Waals surface area contributed by atoms with Crippen molar-refractivity contribution in [3.05, 3.63) is 34.7 Å². The van der Waals surface area contributed by atoms with Gasteiger partial charge < -0.3 is 4.57 Å². The van der Waals surface area contributed by atoms with Crippen LogP contribution in [0.3, 0.4) is 0 Å². The molecule has 9 heavy (non-hydrogen) atoms. The third kappa shape index (κ3) is 1.19. The zero-order valence-corrected chi connectivity index (χ0v) is 5.29. The zero-order valence-electron chi connectivity index (χ0n) is 5.29. The summed E-state index contributed by atoms with van der Waals surface area (Å²) in [5, 5.41) is 0. The highest BCUT2D eigenvalue weighted by Gasteiger charge is 1.85. The predicted octanol–water partition coefficient (Wildman–Crippen LogP) is 0.668. The van der Waals surface area contributed by atoms with Crippen LogP contribution in [0.25, 0.3) is 0 Å². The minimum absolute atomic E-state index is 0.0139. The molecular weight excluding hydrogens is 114 g/mol. The Hall–Kier alpha value is -1.05. The molecule has 1 heterocycles. The van der Waals surface area contributed by atoms with E-state index in [0.717, 1.165) is 6.54 Å². The average Bonchev–Trinajstić information content (AvgIpc) is 1.89. The summed E-state index contributed by atoms with van der Waals surface area (Å²) in [4.78, 5) is 10.8. The number of hydrogen-bond acceptors (Lipinski definition) is 1. The number of nitrogens with zero attached hydrogens (tertiary/aromatic N) is 1. The number of rotatable bonds is 1. The molecule has 0 fully saturated rings. The molecule has 2 nitrogen and oxygen atoms in total. The minimum Gasteiger partial charge on any atom is -0.316 e. The topological polar surface area (TPSA) is 22.0 Å². The Kier molecular flexibility index (Phi) is 1.68. The van der Waals surface area contributed by atoms with E-state index in [0.29, 0.717) is 0 Å². The molecule has 0 saturated heterocycles. The number of aryl methyl sites for hydroxylation is 1. The molecule has 47 valence electrons. The second-order valence-corrected chi connectivity index (χ2v) is 1.75. The van der Waals surface area contributed by atoms with Gasteiger partial charge >= 0.3 is 0 Å². The average molecular weight is 122 g/mol. The molecule has 0 aliphatic heterocycles. The molecule has 0 N–H and O–H groups in total. The summed E-state index contributed by atoms with van der Waals surface area (Å²) in [5.74, 6) is 0. The van der Waals surface area contributed by atoms with Gasteiger partial charge in [-0.3, -0.25) is 4.79 Å². The van der Waals surface area contributed by atoms with E-state index in [2.05, 4.69) is 6.07 Å². The van der Waals surface area contributed by atoms with E-state index in [1.165, 1.54) is 6.07 Å². The van der Waals surface area contributed by atoms with Crippen LogP contribution in [-0.2, 0) is 6.54 Å². The van der Waals surface area contributed by atoms with E-state index in [4.69, 9.17) is 0 Å². The summed E-state index contributed by atoms with van der Waals surface area (Å²) in [6, 6.07) is 5.86. The molecule has 0 saturated carbocycles. The SMILES string of the molecule is CCn1cc[c]cc1=O. The maximum atomic E-state index is 10.8. The van der Waals surface area contributed by atoms with Crippen LogP contribution in [0.4, 0.5) is 0 Å². The Balaban J connectivity index is 3.16. The lowest BCUT2D eigenvalue weighted by Crippen LogP contribution is -2.15. The molecule has 0 aliphatic carbocycles. The Labute approximate surface area is 53.8 Å². The van der Waals surface area contributed by atoms with Gasteiger partial charge in [-0.15, -0.1) is 0 Å². The van der Waals surface area contributed by atoms with E-state index in [-0.39, 0.29) is 5.56 Å². The van der Waals surface area contributed by atoms with Crippen molar-refractivity contribution in [2.75, 3.05) is 0 Å². The van der Waals surface area contributed by atoms with Crippen molar-refractivity contribution in [1.82, 2.24) is 4.57 Å². The van der Waals surface area contributed by atoms with Crippen molar-refractivity contribution in [3.63, 3.8) is 0 Å². The first-order chi connectivity index (χ1) is 4.34. The number of pyridine rings is 1. The first-order valence-electron chi connectivity index (χ1n) is 2.91. The van der Waals surface area contributed by atoms with Crippen molar-refractivity contribution in [2.45, 2.75) is 13.5 Å². The van der Waals surface area contributed by atoms with E-state index < -0.39 is 0 Å². The Morgan fingerprint density at radius 1 is 1.78 bits per heavy atom. The molecule has 2 heteroatoms. The smallest absolute Gasteiger partial charge is 0.251 e.